The van der Waals surface area contributed by atoms with Crippen molar-refractivity contribution >= 4 is 17.5 Å². The minimum Gasteiger partial charge on any atom is -0.461 e. The number of allylic oxidation sites excluding steroid dienone is 1. The first kappa shape index (κ1) is 13.4. The van der Waals surface area contributed by atoms with Gasteiger partial charge in [-0.3, -0.25) is 0 Å². The van der Waals surface area contributed by atoms with Crippen LogP contribution in [0.4, 0.5) is 5.82 Å². The van der Waals surface area contributed by atoms with Crippen LogP contribution in [0.5, 0.6) is 0 Å². The molecule has 0 aromatic carbocycles. The summed E-state index contributed by atoms with van der Waals surface area (Å²) < 4.78 is 6.94. The van der Waals surface area contributed by atoms with Crippen LogP contribution < -0.4 is 5.73 Å². The Morgan fingerprint density at radius 1 is 1.38 bits per heavy atom. The van der Waals surface area contributed by atoms with E-state index in [2.05, 4.69) is 28.1 Å². The molecule has 0 aliphatic rings. The molecule has 2 N–H and O–H groups in total. The maximum atomic E-state index is 5.96. The van der Waals surface area contributed by atoms with Gasteiger partial charge in [0.2, 0.25) is 5.82 Å². The van der Waals surface area contributed by atoms with Gasteiger partial charge in [-0.1, -0.05) is 25.8 Å². The Balaban J connectivity index is 1.94. The molecule has 0 amide bonds. The van der Waals surface area contributed by atoms with Crippen LogP contribution in [0.25, 0.3) is 23.3 Å². The predicted octanol–water partition coefficient (Wildman–Crippen LogP) is 3.17. The second kappa shape index (κ2) is 5.78. The Bertz CT molecular complexity index is 758. The lowest BCUT2D eigenvalue weighted by Gasteiger charge is -1.98. The molecule has 0 fully saturated rings. The number of fused-ring (bicyclic) bond motifs is 1. The van der Waals surface area contributed by atoms with E-state index in [9.17, 15) is 0 Å². The van der Waals surface area contributed by atoms with Gasteiger partial charge in [0.1, 0.15) is 0 Å². The lowest BCUT2D eigenvalue weighted by molar-refractivity contribution is 0.577. The van der Waals surface area contributed by atoms with E-state index in [1.807, 2.05) is 18.3 Å². The van der Waals surface area contributed by atoms with Crippen LogP contribution in [0.15, 0.2) is 35.1 Å². The number of unbranched alkanes of at least 4 members (excludes halogenated alkanes) is 2. The summed E-state index contributed by atoms with van der Waals surface area (Å²) >= 11 is 0. The minimum atomic E-state index is 0.359. The molecule has 3 rings (SSSR count). The van der Waals surface area contributed by atoms with Crippen LogP contribution in [-0.2, 0) is 0 Å². The molecule has 0 aliphatic carbocycles. The number of furan rings is 1. The smallest absolute Gasteiger partial charge is 0.218 e. The van der Waals surface area contributed by atoms with Gasteiger partial charge in [0, 0.05) is 0 Å². The molecule has 0 unspecified atom stereocenters. The first-order chi connectivity index (χ1) is 10.3. The summed E-state index contributed by atoms with van der Waals surface area (Å²) in [6.07, 6.45) is 10.8. The van der Waals surface area contributed by atoms with Crippen molar-refractivity contribution in [2.45, 2.75) is 26.2 Å². The Kier molecular flexibility index (Phi) is 3.68. The highest BCUT2D eigenvalue weighted by Gasteiger charge is 2.12. The summed E-state index contributed by atoms with van der Waals surface area (Å²) in [5.74, 6) is 1.47. The van der Waals surface area contributed by atoms with E-state index in [-0.39, 0.29) is 0 Å². The molecule has 6 nitrogen and oxygen atoms in total. The Hall–Kier alpha value is -2.63. The number of rotatable bonds is 5. The van der Waals surface area contributed by atoms with Crippen LogP contribution >= 0.6 is 0 Å². The molecular formula is C15H17N5O. The highest BCUT2D eigenvalue weighted by molar-refractivity contribution is 5.65. The summed E-state index contributed by atoms with van der Waals surface area (Å²) in [6.45, 7) is 2.17. The zero-order chi connectivity index (χ0) is 14.7. The highest BCUT2D eigenvalue weighted by atomic mass is 16.3. The summed E-state index contributed by atoms with van der Waals surface area (Å²) in [5.41, 5.74) is 7.26. The van der Waals surface area contributed by atoms with Crippen molar-refractivity contribution in [3.05, 3.63) is 36.4 Å². The van der Waals surface area contributed by atoms with Gasteiger partial charge >= 0.3 is 0 Å². The van der Waals surface area contributed by atoms with Crippen LogP contribution in [0.3, 0.4) is 0 Å². The van der Waals surface area contributed by atoms with Crippen molar-refractivity contribution in [1.82, 2.24) is 19.6 Å². The minimum absolute atomic E-state index is 0.359. The maximum absolute atomic E-state index is 5.96. The third-order valence-corrected chi connectivity index (χ3v) is 3.12. The van der Waals surface area contributed by atoms with Gasteiger partial charge in [-0.15, -0.1) is 5.10 Å². The van der Waals surface area contributed by atoms with E-state index in [0.717, 1.165) is 12.1 Å². The van der Waals surface area contributed by atoms with Gasteiger partial charge in [0.05, 0.1) is 18.2 Å². The SMILES string of the molecule is CCCCC=Cc1cn2nc(-c3ccco3)nc2c(N)n1. The molecule has 0 aliphatic heterocycles. The first-order valence-corrected chi connectivity index (χ1v) is 7.01. The van der Waals surface area contributed by atoms with Gasteiger partial charge in [0.15, 0.2) is 17.2 Å². The molecule has 21 heavy (non-hydrogen) atoms. The number of hydrogen-bond acceptors (Lipinski definition) is 5. The van der Waals surface area contributed by atoms with Crippen LogP contribution in [0, 0.1) is 0 Å². The van der Waals surface area contributed by atoms with E-state index in [4.69, 9.17) is 10.2 Å². The number of nitrogen functional groups attached to an aromatic ring is 1. The largest absolute Gasteiger partial charge is 0.461 e. The molecule has 3 aromatic rings. The van der Waals surface area contributed by atoms with Crippen molar-refractivity contribution in [1.29, 1.82) is 0 Å². The van der Waals surface area contributed by atoms with Crippen molar-refractivity contribution in [2.24, 2.45) is 0 Å². The third-order valence-electron chi connectivity index (χ3n) is 3.12. The predicted molar refractivity (Wildman–Crippen MR) is 81.5 cm³/mol. The van der Waals surface area contributed by atoms with E-state index in [0.29, 0.717) is 23.0 Å². The highest BCUT2D eigenvalue weighted by Crippen LogP contribution is 2.19. The second-order valence-corrected chi connectivity index (χ2v) is 4.78. The standard InChI is InChI=1S/C15H17N5O/c1-2-3-4-5-7-11-10-20-15(13(16)17-11)18-14(19-20)12-8-6-9-21-12/h5-10H,2-4H2,1H3,(H2,16,17). The van der Waals surface area contributed by atoms with Crippen LogP contribution in [0.2, 0.25) is 0 Å². The lowest BCUT2D eigenvalue weighted by atomic mass is 10.2. The van der Waals surface area contributed by atoms with Gasteiger partial charge in [-0.05, 0) is 24.6 Å². The molecule has 0 bridgehead atoms. The lowest BCUT2D eigenvalue weighted by Crippen LogP contribution is -1.99. The fourth-order valence-corrected chi connectivity index (χ4v) is 2.05. The average Bonchev–Trinajstić information content (AvgIpc) is 3.12. The molecule has 6 heteroatoms. The molecule has 0 saturated carbocycles. The van der Waals surface area contributed by atoms with E-state index in [1.165, 1.54) is 12.8 Å². The maximum Gasteiger partial charge on any atom is 0.218 e. The summed E-state index contributed by atoms with van der Waals surface area (Å²) in [4.78, 5) is 8.68. The summed E-state index contributed by atoms with van der Waals surface area (Å²) in [7, 11) is 0. The summed E-state index contributed by atoms with van der Waals surface area (Å²) in [6, 6.07) is 3.61. The number of nitrogens with two attached hydrogens (primary N) is 1. The molecule has 3 aromatic heterocycles. The summed E-state index contributed by atoms with van der Waals surface area (Å²) in [5, 5.41) is 4.38. The first-order valence-electron chi connectivity index (χ1n) is 7.01. The van der Waals surface area contributed by atoms with Gasteiger partial charge < -0.3 is 10.2 Å². The Morgan fingerprint density at radius 2 is 2.29 bits per heavy atom. The van der Waals surface area contributed by atoms with E-state index < -0.39 is 0 Å². The van der Waals surface area contributed by atoms with Crippen LogP contribution in [0.1, 0.15) is 31.9 Å². The van der Waals surface area contributed by atoms with Gasteiger partial charge in [0.25, 0.3) is 0 Å². The van der Waals surface area contributed by atoms with Gasteiger partial charge in [-0.2, -0.15) is 0 Å². The second-order valence-electron chi connectivity index (χ2n) is 4.78. The molecular weight excluding hydrogens is 266 g/mol. The Labute approximate surface area is 122 Å². The fraction of sp³-hybridized carbons (Fsp3) is 0.267. The Morgan fingerprint density at radius 3 is 3.05 bits per heavy atom. The van der Waals surface area contributed by atoms with Crippen molar-refractivity contribution in [3.8, 4) is 11.6 Å². The third kappa shape index (κ3) is 2.79. The van der Waals surface area contributed by atoms with Crippen molar-refractivity contribution in [3.63, 3.8) is 0 Å². The fourth-order valence-electron chi connectivity index (χ4n) is 2.05. The molecule has 0 atom stereocenters. The molecule has 0 spiro atoms. The zero-order valence-electron chi connectivity index (χ0n) is 11.9. The molecule has 3 heterocycles. The number of hydrogen-bond donors (Lipinski definition) is 1. The van der Waals surface area contributed by atoms with Crippen molar-refractivity contribution < 1.29 is 4.42 Å². The van der Waals surface area contributed by atoms with Crippen LogP contribution in [-0.4, -0.2) is 19.6 Å². The van der Waals surface area contributed by atoms with E-state index >= 15 is 0 Å². The molecule has 0 saturated heterocycles. The van der Waals surface area contributed by atoms with E-state index in [1.54, 1.807) is 16.8 Å². The normalized spacial score (nSPS) is 11.7. The quantitative estimate of drug-likeness (QED) is 0.727. The average molecular weight is 283 g/mol. The number of aromatic nitrogens is 4. The number of anilines is 1. The number of nitrogens with zero attached hydrogens (tertiary/aromatic N) is 4. The zero-order valence-corrected chi connectivity index (χ0v) is 11.9. The monoisotopic (exact) mass is 283 g/mol. The van der Waals surface area contributed by atoms with Crippen molar-refractivity contribution in [2.75, 3.05) is 5.73 Å². The topological polar surface area (TPSA) is 82.2 Å². The van der Waals surface area contributed by atoms with Gasteiger partial charge in [-0.25, -0.2) is 14.5 Å². The molecule has 108 valence electrons. The molecule has 0 radical (unpaired) electrons.